The van der Waals surface area contributed by atoms with Crippen molar-refractivity contribution in [3.8, 4) is 0 Å². The van der Waals surface area contributed by atoms with Crippen LogP contribution >= 0.6 is 0 Å². The van der Waals surface area contributed by atoms with Gasteiger partial charge in [-0.3, -0.25) is 4.79 Å². The maximum atomic E-state index is 11.9. The maximum Gasteiger partial charge on any atom is 0.241 e. The molecule has 1 saturated heterocycles. The van der Waals surface area contributed by atoms with Crippen LogP contribution in [0, 0.1) is 0 Å². The number of rotatable bonds is 0. The van der Waals surface area contributed by atoms with Crippen LogP contribution in [-0.4, -0.2) is 18.1 Å². The van der Waals surface area contributed by atoms with Gasteiger partial charge in [0.05, 0.1) is 6.54 Å². The molecule has 1 amide bonds. The first-order valence-electron chi connectivity index (χ1n) is 6.86. The van der Waals surface area contributed by atoms with Crippen molar-refractivity contribution in [1.82, 2.24) is 5.32 Å². The highest BCUT2D eigenvalue weighted by Gasteiger charge is 2.63. The quantitative estimate of drug-likeness (QED) is 0.756. The Hall–Kier alpha value is -1.51. The monoisotopic (exact) mass is 242 g/mol. The molecule has 4 rings (SSSR count). The molecule has 2 heterocycles. The van der Waals surface area contributed by atoms with E-state index < -0.39 is 0 Å². The summed E-state index contributed by atoms with van der Waals surface area (Å²) in [5.74, 6) is 0.178. The molecule has 1 aromatic carbocycles. The third-order valence-electron chi connectivity index (χ3n) is 5.28. The fourth-order valence-electron chi connectivity index (χ4n) is 4.42. The standard InChI is InChI=1S/C15H18N2O/c1-14-8-4-5-9-15(14)16-13(18)10-17(15)12-7-3-2-6-11(12)14/h2-3,6-7H,4-5,8-10H2,1H3,(H,16,18)/t14-,15+/m1/s1. The smallest absolute Gasteiger partial charge is 0.241 e. The topological polar surface area (TPSA) is 32.3 Å². The summed E-state index contributed by atoms with van der Waals surface area (Å²) in [5.41, 5.74) is 2.62. The van der Waals surface area contributed by atoms with Crippen LogP contribution in [0.15, 0.2) is 24.3 Å². The lowest BCUT2D eigenvalue weighted by atomic mass is 9.65. The zero-order chi connectivity index (χ0) is 12.4. The van der Waals surface area contributed by atoms with Gasteiger partial charge >= 0.3 is 0 Å². The summed E-state index contributed by atoms with van der Waals surface area (Å²) in [4.78, 5) is 14.2. The largest absolute Gasteiger partial charge is 0.338 e. The number of carbonyl (C=O) groups excluding carboxylic acids is 1. The highest BCUT2D eigenvalue weighted by molar-refractivity contribution is 5.90. The van der Waals surface area contributed by atoms with E-state index in [-0.39, 0.29) is 17.0 Å². The van der Waals surface area contributed by atoms with Crippen molar-refractivity contribution in [2.45, 2.75) is 43.7 Å². The van der Waals surface area contributed by atoms with Gasteiger partial charge in [0.1, 0.15) is 5.66 Å². The second kappa shape index (κ2) is 3.08. The number of anilines is 1. The van der Waals surface area contributed by atoms with Gasteiger partial charge in [0.25, 0.3) is 0 Å². The van der Waals surface area contributed by atoms with Crippen molar-refractivity contribution in [2.24, 2.45) is 0 Å². The van der Waals surface area contributed by atoms with E-state index in [0.717, 1.165) is 6.42 Å². The molecule has 0 aromatic heterocycles. The first kappa shape index (κ1) is 10.4. The van der Waals surface area contributed by atoms with Crippen LogP contribution in [0.25, 0.3) is 0 Å². The van der Waals surface area contributed by atoms with E-state index in [2.05, 4.69) is 41.4 Å². The fraction of sp³-hybridized carbons (Fsp3) is 0.533. The predicted octanol–water partition coefficient (Wildman–Crippen LogP) is 2.16. The Bertz CT molecular complexity index is 541. The SMILES string of the molecule is C[C@]12CCCC[C@@]13NC(=O)CN3c1ccccc12. The van der Waals surface area contributed by atoms with Crippen LogP contribution < -0.4 is 10.2 Å². The fourth-order valence-corrected chi connectivity index (χ4v) is 4.42. The van der Waals surface area contributed by atoms with Crippen LogP contribution in [0.1, 0.15) is 38.2 Å². The summed E-state index contributed by atoms with van der Waals surface area (Å²) in [6, 6.07) is 8.61. The molecule has 2 fully saturated rings. The minimum atomic E-state index is -0.147. The normalized spacial score (nSPS) is 36.9. The third kappa shape index (κ3) is 0.957. The van der Waals surface area contributed by atoms with Crippen molar-refractivity contribution >= 4 is 11.6 Å². The molecule has 94 valence electrons. The summed E-state index contributed by atoms with van der Waals surface area (Å²) in [6.45, 7) is 2.85. The molecule has 1 N–H and O–H groups in total. The van der Waals surface area contributed by atoms with E-state index in [4.69, 9.17) is 0 Å². The minimum absolute atomic E-state index is 0.0774. The molecule has 1 aliphatic carbocycles. The van der Waals surface area contributed by atoms with Crippen LogP contribution in [0.3, 0.4) is 0 Å². The molecular formula is C15H18N2O. The Kier molecular flexibility index (Phi) is 1.78. The van der Waals surface area contributed by atoms with Crippen molar-refractivity contribution in [3.05, 3.63) is 29.8 Å². The van der Waals surface area contributed by atoms with E-state index in [1.54, 1.807) is 0 Å². The first-order chi connectivity index (χ1) is 8.67. The molecule has 2 aliphatic heterocycles. The van der Waals surface area contributed by atoms with Gasteiger partial charge < -0.3 is 10.2 Å². The highest BCUT2D eigenvalue weighted by atomic mass is 16.2. The summed E-state index contributed by atoms with van der Waals surface area (Å²) in [7, 11) is 0. The number of amides is 1. The summed E-state index contributed by atoms with van der Waals surface area (Å²) >= 11 is 0. The van der Waals surface area contributed by atoms with Crippen molar-refractivity contribution in [3.63, 3.8) is 0 Å². The molecular weight excluding hydrogens is 224 g/mol. The lowest BCUT2D eigenvalue weighted by Gasteiger charge is -2.48. The average Bonchev–Trinajstić information content (AvgIpc) is 2.80. The zero-order valence-corrected chi connectivity index (χ0v) is 10.7. The lowest BCUT2D eigenvalue weighted by Crippen LogP contribution is -2.62. The number of benzene rings is 1. The number of carbonyl (C=O) groups is 1. The Morgan fingerprint density at radius 2 is 2.00 bits per heavy atom. The first-order valence-corrected chi connectivity index (χ1v) is 6.86. The second-order valence-corrected chi connectivity index (χ2v) is 6.05. The number of nitrogens with one attached hydrogen (secondary N) is 1. The number of para-hydroxylation sites is 1. The van der Waals surface area contributed by atoms with Crippen LogP contribution in [0.5, 0.6) is 0 Å². The maximum absolute atomic E-state index is 11.9. The van der Waals surface area contributed by atoms with E-state index in [1.165, 1.54) is 30.5 Å². The minimum Gasteiger partial charge on any atom is -0.338 e. The average molecular weight is 242 g/mol. The van der Waals surface area contributed by atoms with Crippen molar-refractivity contribution in [1.29, 1.82) is 0 Å². The van der Waals surface area contributed by atoms with Gasteiger partial charge in [0, 0.05) is 11.1 Å². The molecule has 0 radical (unpaired) electrons. The van der Waals surface area contributed by atoms with E-state index in [9.17, 15) is 4.79 Å². The van der Waals surface area contributed by atoms with Gasteiger partial charge in [-0.05, 0) is 30.9 Å². The summed E-state index contributed by atoms with van der Waals surface area (Å²) in [6.07, 6.45) is 4.71. The Labute approximate surface area is 107 Å². The molecule has 3 aliphatic rings. The molecule has 2 atom stereocenters. The molecule has 3 nitrogen and oxygen atoms in total. The van der Waals surface area contributed by atoms with E-state index >= 15 is 0 Å². The summed E-state index contributed by atoms with van der Waals surface area (Å²) < 4.78 is 0. The molecule has 1 spiro atoms. The van der Waals surface area contributed by atoms with Gasteiger partial charge in [-0.25, -0.2) is 0 Å². The number of fused-ring (bicyclic) bond motifs is 3. The van der Waals surface area contributed by atoms with Gasteiger partial charge in [0.15, 0.2) is 0 Å². The molecule has 0 unspecified atom stereocenters. The molecule has 1 saturated carbocycles. The van der Waals surface area contributed by atoms with Crippen LogP contribution in [0.4, 0.5) is 5.69 Å². The molecule has 1 aromatic rings. The van der Waals surface area contributed by atoms with Gasteiger partial charge in [-0.15, -0.1) is 0 Å². The Balaban J connectivity index is 1.99. The Morgan fingerprint density at radius 3 is 2.89 bits per heavy atom. The lowest BCUT2D eigenvalue weighted by molar-refractivity contribution is -0.119. The predicted molar refractivity (Wildman–Crippen MR) is 70.5 cm³/mol. The number of hydrogen-bond acceptors (Lipinski definition) is 2. The molecule has 0 bridgehead atoms. The third-order valence-corrected chi connectivity index (χ3v) is 5.28. The Morgan fingerprint density at radius 1 is 1.22 bits per heavy atom. The van der Waals surface area contributed by atoms with Gasteiger partial charge in [0.2, 0.25) is 5.91 Å². The highest BCUT2D eigenvalue weighted by Crippen LogP contribution is 2.58. The second-order valence-electron chi connectivity index (χ2n) is 6.05. The number of hydrogen-bond donors (Lipinski definition) is 1. The van der Waals surface area contributed by atoms with Crippen molar-refractivity contribution in [2.75, 3.05) is 11.4 Å². The van der Waals surface area contributed by atoms with Crippen molar-refractivity contribution < 1.29 is 4.79 Å². The molecule has 18 heavy (non-hydrogen) atoms. The van der Waals surface area contributed by atoms with Crippen LogP contribution in [-0.2, 0) is 10.2 Å². The summed E-state index contributed by atoms with van der Waals surface area (Å²) in [5, 5.41) is 3.31. The number of nitrogens with zero attached hydrogens (tertiary/aromatic N) is 1. The van der Waals surface area contributed by atoms with Gasteiger partial charge in [-0.1, -0.05) is 31.5 Å². The molecule has 3 heteroatoms. The van der Waals surface area contributed by atoms with Crippen LogP contribution in [0.2, 0.25) is 0 Å². The zero-order valence-electron chi connectivity index (χ0n) is 10.7. The van der Waals surface area contributed by atoms with Gasteiger partial charge in [-0.2, -0.15) is 0 Å². The van der Waals surface area contributed by atoms with E-state index in [0.29, 0.717) is 6.54 Å². The van der Waals surface area contributed by atoms with E-state index in [1.807, 2.05) is 0 Å².